The fourth-order valence-electron chi connectivity index (χ4n) is 2.07. The molecule has 0 bridgehead atoms. The number of hydrogen-bond acceptors (Lipinski definition) is 2. The second-order valence-corrected chi connectivity index (χ2v) is 4.76. The van der Waals surface area contributed by atoms with E-state index < -0.39 is 0 Å². The molecule has 0 spiro atoms. The van der Waals surface area contributed by atoms with Gasteiger partial charge in [-0.15, -0.1) is 11.6 Å². The summed E-state index contributed by atoms with van der Waals surface area (Å²) in [6.45, 7) is 1.09. The predicted molar refractivity (Wildman–Crippen MR) is 64.7 cm³/mol. The van der Waals surface area contributed by atoms with Crippen LogP contribution in [0.5, 0.6) is 0 Å². The van der Waals surface area contributed by atoms with E-state index in [2.05, 4.69) is 14.5 Å². The van der Waals surface area contributed by atoms with Crippen molar-refractivity contribution in [3.8, 4) is 0 Å². The molecule has 3 rings (SSSR count). The van der Waals surface area contributed by atoms with Crippen LogP contribution >= 0.6 is 11.6 Å². The van der Waals surface area contributed by atoms with Gasteiger partial charge in [-0.1, -0.05) is 0 Å². The Bertz CT molecular complexity index is 502. The molecular formula is C12H14ClN3. The van der Waals surface area contributed by atoms with Gasteiger partial charge in [-0.3, -0.25) is 4.98 Å². The molecule has 2 aromatic rings. The first kappa shape index (κ1) is 10.1. The Kier molecular flexibility index (Phi) is 2.56. The van der Waals surface area contributed by atoms with Crippen molar-refractivity contribution in [3.63, 3.8) is 0 Å². The van der Waals surface area contributed by atoms with Crippen LogP contribution in [0.3, 0.4) is 0 Å². The largest absolute Gasteiger partial charge is 0.328 e. The van der Waals surface area contributed by atoms with Crippen LogP contribution in [0, 0.1) is 5.92 Å². The van der Waals surface area contributed by atoms with Crippen molar-refractivity contribution in [3.05, 3.63) is 24.3 Å². The van der Waals surface area contributed by atoms with Gasteiger partial charge >= 0.3 is 0 Å². The summed E-state index contributed by atoms with van der Waals surface area (Å²) in [5.74, 6) is 2.58. The first-order valence-corrected chi connectivity index (χ1v) is 6.27. The fourth-order valence-corrected chi connectivity index (χ4v) is 2.24. The van der Waals surface area contributed by atoms with Gasteiger partial charge in [-0.2, -0.15) is 0 Å². The molecule has 0 radical (unpaired) electrons. The van der Waals surface area contributed by atoms with E-state index in [-0.39, 0.29) is 0 Å². The van der Waals surface area contributed by atoms with Gasteiger partial charge in [0.25, 0.3) is 0 Å². The average Bonchev–Trinajstić information content (AvgIpc) is 3.04. The lowest BCUT2D eigenvalue weighted by Gasteiger charge is -2.06. The average molecular weight is 236 g/mol. The number of halogens is 1. The van der Waals surface area contributed by atoms with Crippen LogP contribution in [0.4, 0.5) is 0 Å². The molecule has 3 nitrogen and oxygen atoms in total. The van der Waals surface area contributed by atoms with Crippen molar-refractivity contribution in [1.82, 2.24) is 14.5 Å². The van der Waals surface area contributed by atoms with Gasteiger partial charge in [0.1, 0.15) is 11.3 Å². The van der Waals surface area contributed by atoms with Crippen LogP contribution in [0.15, 0.2) is 18.5 Å². The van der Waals surface area contributed by atoms with E-state index in [1.165, 1.54) is 18.4 Å². The standard InChI is InChI=1S/C12H14ClN3/c13-5-3-12-15-10-7-14-6-4-11(10)16(12)8-9-1-2-9/h4,6-7,9H,1-3,5,8H2. The van der Waals surface area contributed by atoms with Crippen LogP contribution in [-0.2, 0) is 13.0 Å². The Morgan fingerprint density at radius 1 is 1.44 bits per heavy atom. The normalized spacial score (nSPS) is 15.8. The molecule has 0 aromatic carbocycles. The summed E-state index contributed by atoms with van der Waals surface area (Å²) < 4.78 is 2.32. The molecule has 1 aliphatic rings. The molecule has 2 heterocycles. The predicted octanol–water partition coefficient (Wildman–Crippen LogP) is 2.62. The molecule has 4 heteroatoms. The lowest BCUT2D eigenvalue weighted by Crippen LogP contribution is -2.06. The van der Waals surface area contributed by atoms with Gasteiger partial charge in [-0.05, 0) is 24.8 Å². The molecule has 0 N–H and O–H groups in total. The van der Waals surface area contributed by atoms with Crippen molar-refractivity contribution in [1.29, 1.82) is 0 Å². The topological polar surface area (TPSA) is 30.7 Å². The van der Waals surface area contributed by atoms with Crippen molar-refractivity contribution in [2.75, 3.05) is 5.88 Å². The Balaban J connectivity index is 2.06. The summed E-state index contributed by atoms with van der Waals surface area (Å²) in [6.07, 6.45) is 7.20. The number of nitrogens with zero attached hydrogens (tertiary/aromatic N) is 3. The van der Waals surface area contributed by atoms with Crippen LogP contribution in [-0.4, -0.2) is 20.4 Å². The maximum Gasteiger partial charge on any atom is 0.111 e. The number of pyridine rings is 1. The highest BCUT2D eigenvalue weighted by Crippen LogP contribution is 2.32. The summed E-state index contributed by atoms with van der Waals surface area (Å²) in [5.41, 5.74) is 2.19. The molecule has 16 heavy (non-hydrogen) atoms. The van der Waals surface area contributed by atoms with E-state index in [1.807, 2.05) is 18.5 Å². The number of hydrogen-bond donors (Lipinski definition) is 0. The van der Waals surface area contributed by atoms with Crippen molar-refractivity contribution in [2.45, 2.75) is 25.8 Å². The molecule has 1 fully saturated rings. The highest BCUT2D eigenvalue weighted by atomic mass is 35.5. The smallest absolute Gasteiger partial charge is 0.111 e. The molecule has 0 saturated heterocycles. The fraction of sp³-hybridized carbons (Fsp3) is 0.500. The third-order valence-corrected chi connectivity index (χ3v) is 3.27. The number of aryl methyl sites for hydroxylation is 1. The van der Waals surface area contributed by atoms with Gasteiger partial charge in [0.15, 0.2) is 0 Å². The minimum Gasteiger partial charge on any atom is -0.328 e. The van der Waals surface area contributed by atoms with E-state index in [9.17, 15) is 0 Å². The Hall–Kier alpha value is -1.09. The summed E-state index contributed by atoms with van der Waals surface area (Å²) >= 11 is 5.82. The van der Waals surface area contributed by atoms with Crippen molar-refractivity contribution in [2.24, 2.45) is 5.92 Å². The zero-order chi connectivity index (χ0) is 11.0. The van der Waals surface area contributed by atoms with Gasteiger partial charge < -0.3 is 4.57 Å². The zero-order valence-electron chi connectivity index (χ0n) is 9.06. The second kappa shape index (κ2) is 4.06. The van der Waals surface area contributed by atoms with Crippen LogP contribution in [0.2, 0.25) is 0 Å². The third kappa shape index (κ3) is 1.80. The summed E-state index contributed by atoms with van der Waals surface area (Å²) in [7, 11) is 0. The third-order valence-electron chi connectivity index (χ3n) is 3.09. The van der Waals surface area contributed by atoms with Crippen molar-refractivity contribution < 1.29 is 0 Å². The SMILES string of the molecule is ClCCc1nc2cnccc2n1CC1CC1. The molecule has 84 valence electrons. The van der Waals surface area contributed by atoms with Crippen LogP contribution in [0.25, 0.3) is 11.0 Å². The van der Waals surface area contributed by atoms with Gasteiger partial charge in [0.05, 0.1) is 11.7 Å². The van der Waals surface area contributed by atoms with Gasteiger partial charge in [0.2, 0.25) is 0 Å². The lowest BCUT2D eigenvalue weighted by atomic mass is 10.3. The minimum absolute atomic E-state index is 0.626. The van der Waals surface area contributed by atoms with E-state index in [0.29, 0.717) is 5.88 Å². The monoisotopic (exact) mass is 235 g/mol. The Morgan fingerprint density at radius 3 is 3.06 bits per heavy atom. The lowest BCUT2D eigenvalue weighted by molar-refractivity contribution is 0.615. The highest BCUT2D eigenvalue weighted by Gasteiger charge is 2.23. The number of fused-ring (bicyclic) bond motifs is 1. The van der Waals surface area contributed by atoms with E-state index in [4.69, 9.17) is 11.6 Å². The number of imidazole rings is 1. The molecule has 0 amide bonds. The maximum atomic E-state index is 5.82. The zero-order valence-corrected chi connectivity index (χ0v) is 9.82. The summed E-state index contributed by atoms with van der Waals surface area (Å²) in [6, 6.07) is 2.04. The minimum atomic E-state index is 0.626. The van der Waals surface area contributed by atoms with Crippen molar-refractivity contribution >= 4 is 22.6 Å². The molecule has 2 aromatic heterocycles. The van der Waals surface area contributed by atoms with Gasteiger partial charge in [-0.25, -0.2) is 4.98 Å². The number of aromatic nitrogens is 3. The van der Waals surface area contributed by atoms with E-state index in [0.717, 1.165) is 30.2 Å². The Labute approximate surface area is 99.5 Å². The molecule has 0 aliphatic heterocycles. The highest BCUT2D eigenvalue weighted by molar-refractivity contribution is 6.17. The quantitative estimate of drug-likeness (QED) is 0.763. The Morgan fingerprint density at radius 2 is 2.31 bits per heavy atom. The maximum absolute atomic E-state index is 5.82. The molecular weight excluding hydrogens is 222 g/mol. The van der Waals surface area contributed by atoms with Gasteiger partial charge in [0, 0.05) is 25.0 Å². The molecule has 1 saturated carbocycles. The first-order chi connectivity index (χ1) is 7.88. The summed E-state index contributed by atoms with van der Waals surface area (Å²) in [4.78, 5) is 8.71. The van der Waals surface area contributed by atoms with E-state index >= 15 is 0 Å². The molecule has 0 unspecified atom stereocenters. The van der Waals surface area contributed by atoms with E-state index in [1.54, 1.807) is 0 Å². The molecule has 1 aliphatic carbocycles. The van der Waals surface area contributed by atoms with Crippen LogP contribution < -0.4 is 0 Å². The summed E-state index contributed by atoms with van der Waals surface area (Å²) in [5, 5.41) is 0. The first-order valence-electron chi connectivity index (χ1n) is 5.73. The number of rotatable bonds is 4. The van der Waals surface area contributed by atoms with Crippen LogP contribution in [0.1, 0.15) is 18.7 Å². The second-order valence-electron chi connectivity index (χ2n) is 4.39. The number of alkyl halides is 1. The molecule has 0 atom stereocenters.